The van der Waals surface area contributed by atoms with Gasteiger partial charge in [0.15, 0.2) is 0 Å². The van der Waals surface area contributed by atoms with E-state index in [0.29, 0.717) is 18.0 Å². The molecule has 0 aromatic heterocycles. The van der Waals surface area contributed by atoms with Crippen LogP contribution in [0.2, 0.25) is 0 Å². The standard InChI is InChI=1S/C10H16N2O3S/c1-3-6-12-16(13,14)8-4-5-9(11)10(7-8)15-2/h4-5,7,12H,3,6,11H2,1-2H3. The van der Waals surface area contributed by atoms with Crippen LogP contribution >= 0.6 is 0 Å². The molecular weight excluding hydrogens is 228 g/mol. The van der Waals surface area contributed by atoms with E-state index >= 15 is 0 Å². The first-order valence-electron chi connectivity index (χ1n) is 4.94. The van der Waals surface area contributed by atoms with Crippen molar-refractivity contribution in [2.75, 3.05) is 19.4 Å². The number of hydrogen-bond donors (Lipinski definition) is 2. The van der Waals surface area contributed by atoms with Crippen LogP contribution in [0.1, 0.15) is 13.3 Å². The number of benzene rings is 1. The second-order valence-electron chi connectivity index (χ2n) is 3.30. The lowest BCUT2D eigenvalue weighted by Crippen LogP contribution is -2.24. The predicted molar refractivity (Wildman–Crippen MR) is 62.9 cm³/mol. The van der Waals surface area contributed by atoms with Crippen molar-refractivity contribution >= 4 is 15.7 Å². The molecule has 16 heavy (non-hydrogen) atoms. The normalized spacial score (nSPS) is 11.4. The summed E-state index contributed by atoms with van der Waals surface area (Å²) in [5.74, 6) is 0.361. The summed E-state index contributed by atoms with van der Waals surface area (Å²) in [6, 6.07) is 4.38. The van der Waals surface area contributed by atoms with Gasteiger partial charge in [-0.15, -0.1) is 0 Å². The fraction of sp³-hybridized carbons (Fsp3) is 0.400. The first-order valence-corrected chi connectivity index (χ1v) is 6.42. The minimum absolute atomic E-state index is 0.159. The molecule has 0 spiro atoms. The first kappa shape index (κ1) is 12.8. The van der Waals surface area contributed by atoms with Gasteiger partial charge in [-0.25, -0.2) is 13.1 Å². The molecule has 0 saturated carbocycles. The molecule has 0 saturated heterocycles. The van der Waals surface area contributed by atoms with Crippen LogP contribution in [0, 0.1) is 0 Å². The third-order valence-corrected chi connectivity index (χ3v) is 3.52. The molecule has 0 aliphatic heterocycles. The number of nitrogen functional groups attached to an aromatic ring is 1. The highest BCUT2D eigenvalue weighted by Gasteiger charge is 2.14. The maximum absolute atomic E-state index is 11.8. The maximum atomic E-state index is 11.8. The number of ether oxygens (including phenoxy) is 1. The lowest BCUT2D eigenvalue weighted by Gasteiger charge is -2.08. The average Bonchev–Trinajstić information content (AvgIpc) is 2.27. The van der Waals surface area contributed by atoms with E-state index in [9.17, 15) is 8.42 Å². The zero-order chi connectivity index (χ0) is 12.2. The van der Waals surface area contributed by atoms with E-state index in [-0.39, 0.29) is 4.90 Å². The van der Waals surface area contributed by atoms with E-state index in [1.807, 2.05) is 6.92 Å². The Hall–Kier alpha value is -1.27. The van der Waals surface area contributed by atoms with Crippen LogP contribution in [0.4, 0.5) is 5.69 Å². The molecule has 1 rings (SSSR count). The summed E-state index contributed by atoms with van der Waals surface area (Å²) in [6.45, 7) is 2.31. The van der Waals surface area contributed by atoms with Crippen LogP contribution < -0.4 is 15.2 Å². The van der Waals surface area contributed by atoms with Crippen molar-refractivity contribution in [2.45, 2.75) is 18.2 Å². The van der Waals surface area contributed by atoms with Crippen molar-refractivity contribution in [1.29, 1.82) is 0 Å². The second kappa shape index (κ2) is 5.18. The molecular formula is C10H16N2O3S. The highest BCUT2D eigenvalue weighted by molar-refractivity contribution is 7.89. The van der Waals surface area contributed by atoms with Crippen LogP contribution in [0.5, 0.6) is 5.75 Å². The van der Waals surface area contributed by atoms with E-state index in [4.69, 9.17) is 10.5 Å². The third-order valence-electron chi connectivity index (χ3n) is 2.06. The van der Waals surface area contributed by atoms with Crippen LogP contribution in [-0.4, -0.2) is 22.1 Å². The molecule has 1 aromatic carbocycles. The highest BCUT2D eigenvalue weighted by Crippen LogP contribution is 2.24. The van der Waals surface area contributed by atoms with Crippen molar-refractivity contribution in [2.24, 2.45) is 0 Å². The SMILES string of the molecule is CCCNS(=O)(=O)c1ccc(N)c(OC)c1. The smallest absolute Gasteiger partial charge is 0.240 e. The third kappa shape index (κ3) is 2.86. The van der Waals surface area contributed by atoms with Crippen molar-refractivity contribution < 1.29 is 13.2 Å². The number of anilines is 1. The Bertz CT molecular complexity index is 457. The molecule has 3 N–H and O–H groups in total. The molecule has 0 bridgehead atoms. The topological polar surface area (TPSA) is 81.4 Å². The molecule has 0 radical (unpaired) electrons. The Labute approximate surface area is 95.7 Å². The van der Waals surface area contributed by atoms with E-state index in [2.05, 4.69) is 4.72 Å². The Kier molecular flexibility index (Phi) is 4.14. The molecule has 0 atom stereocenters. The quantitative estimate of drug-likeness (QED) is 0.756. The Balaban J connectivity index is 3.04. The van der Waals surface area contributed by atoms with Gasteiger partial charge in [-0.1, -0.05) is 6.92 Å². The molecule has 0 unspecified atom stereocenters. The van der Waals surface area contributed by atoms with Gasteiger partial charge in [-0.3, -0.25) is 0 Å². The number of nitrogens with one attached hydrogen (secondary N) is 1. The zero-order valence-corrected chi connectivity index (χ0v) is 10.2. The summed E-state index contributed by atoms with van der Waals surface area (Å²) >= 11 is 0. The zero-order valence-electron chi connectivity index (χ0n) is 9.36. The monoisotopic (exact) mass is 244 g/mol. The van der Waals surface area contributed by atoms with Gasteiger partial charge in [0.2, 0.25) is 10.0 Å². The van der Waals surface area contributed by atoms with E-state index in [1.54, 1.807) is 0 Å². The number of hydrogen-bond acceptors (Lipinski definition) is 4. The number of sulfonamides is 1. The predicted octanol–water partition coefficient (Wildman–Crippen LogP) is 0.966. The molecule has 0 fully saturated rings. The van der Waals surface area contributed by atoms with E-state index in [1.165, 1.54) is 25.3 Å². The van der Waals surface area contributed by atoms with Gasteiger partial charge in [0.25, 0.3) is 0 Å². The van der Waals surface area contributed by atoms with Crippen molar-refractivity contribution in [3.05, 3.63) is 18.2 Å². The maximum Gasteiger partial charge on any atom is 0.240 e. The van der Waals surface area contributed by atoms with Crippen LogP contribution in [0.25, 0.3) is 0 Å². The van der Waals surface area contributed by atoms with Gasteiger partial charge >= 0.3 is 0 Å². The molecule has 0 heterocycles. The van der Waals surface area contributed by atoms with Crippen molar-refractivity contribution in [3.8, 4) is 5.75 Å². The Morgan fingerprint density at radius 3 is 2.69 bits per heavy atom. The fourth-order valence-corrected chi connectivity index (χ4v) is 2.33. The molecule has 0 amide bonds. The van der Waals surface area contributed by atoms with Crippen LogP contribution in [0.3, 0.4) is 0 Å². The summed E-state index contributed by atoms with van der Waals surface area (Å²) in [6.07, 6.45) is 0.741. The Morgan fingerprint density at radius 2 is 2.12 bits per heavy atom. The van der Waals surface area contributed by atoms with E-state index < -0.39 is 10.0 Å². The fourth-order valence-electron chi connectivity index (χ4n) is 1.18. The molecule has 0 aliphatic rings. The molecule has 6 heteroatoms. The van der Waals surface area contributed by atoms with Gasteiger partial charge in [0.05, 0.1) is 17.7 Å². The second-order valence-corrected chi connectivity index (χ2v) is 5.07. The minimum atomic E-state index is -3.46. The van der Waals surface area contributed by atoms with Gasteiger partial charge in [-0.2, -0.15) is 0 Å². The Morgan fingerprint density at radius 1 is 1.44 bits per heavy atom. The van der Waals surface area contributed by atoms with Gasteiger partial charge in [0, 0.05) is 12.6 Å². The largest absolute Gasteiger partial charge is 0.495 e. The summed E-state index contributed by atoms with van der Waals surface area (Å²) in [5.41, 5.74) is 6.02. The van der Waals surface area contributed by atoms with Gasteiger partial charge in [0.1, 0.15) is 5.75 Å². The molecule has 1 aromatic rings. The van der Waals surface area contributed by atoms with Crippen LogP contribution in [-0.2, 0) is 10.0 Å². The van der Waals surface area contributed by atoms with E-state index in [0.717, 1.165) is 6.42 Å². The summed E-state index contributed by atoms with van der Waals surface area (Å²) in [5, 5.41) is 0. The highest BCUT2D eigenvalue weighted by atomic mass is 32.2. The average molecular weight is 244 g/mol. The molecule has 0 aliphatic carbocycles. The molecule has 5 nitrogen and oxygen atoms in total. The number of methoxy groups -OCH3 is 1. The van der Waals surface area contributed by atoms with Crippen molar-refractivity contribution in [3.63, 3.8) is 0 Å². The summed E-state index contributed by atoms with van der Waals surface area (Å²) in [4.78, 5) is 0.159. The minimum Gasteiger partial charge on any atom is -0.495 e. The lowest BCUT2D eigenvalue weighted by atomic mass is 10.3. The van der Waals surface area contributed by atoms with Crippen molar-refractivity contribution in [1.82, 2.24) is 4.72 Å². The number of rotatable bonds is 5. The van der Waals surface area contributed by atoms with Gasteiger partial charge in [-0.05, 0) is 18.6 Å². The number of nitrogens with two attached hydrogens (primary N) is 1. The first-order chi connectivity index (χ1) is 7.51. The van der Waals surface area contributed by atoms with Crippen LogP contribution in [0.15, 0.2) is 23.1 Å². The van der Waals surface area contributed by atoms with Gasteiger partial charge < -0.3 is 10.5 Å². The molecule has 90 valence electrons. The summed E-state index contributed by atoms with van der Waals surface area (Å²) in [7, 11) is -2.01. The lowest BCUT2D eigenvalue weighted by molar-refractivity contribution is 0.415. The summed E-state index contributed by atoms with van der Waals surface area (Å²) < 4.78 is 31.0.